The Balaban J connectivity index is 1.80. The summed E-state index contributed by atoms with van der Waals surface area (Å²) in [5.41, 5.74) is 8.62. The molecule has 2 aromatic heterocycles. The van der Waals surface area contributed by atoms with Crippen molar-refractivity contribution in [1.29, 1.82) is 0 Å². The number of nitrogens with zero attached hydrogens (tertiary/aromatic N) is 1. The number of nitrogens with one attached hydrogen (secondary N) is 1. The number of primary amides is 1. The maximum absolute atomic E-state index is 12.6. The molecule has 2 amide bonds. The number of thiophene rings is 1. The molecule has 0 saturated heterocycles. The van der Waals surface area contributed by atoms with Crippen LogP contribution in [0.15, 0.2) is 18.5 Å². The van der Waals surface area contributed by atoms with Crippen LogP contribution < -0.4 is 15.6 Å². The van der Waals surface area contributed by atoms with Crippen molar-refractivity contribution in [2.45, 2.75) is 46.1 Å². The molecule has 3 rings (SSSR count). The molecule has 0 saturated carbocycles. The minimum atomic E-state index is -0.641. The van der Waals surface area contributed by atoms with Gasteiger partial charge < -0.3 is 15.8 Å². The third-order valence-corrected chi connectivity index (χ3v) is 5.99. The Morgan fingerprint density at radius 3 is 2.64 bits per heavy atom. The van der Waals surface area contributed by atoms with E-state index in [-0.39, 0.29) is 34.5 Å². The molecule has 28 heavy (non-hydrogen) atoms. The number of aromatic nitrogens is 1. The topological polar surface area (TPSA) is 102 Å². The van der Waals surface area contributed by atoms with Crippen molar-refractivity contribution in [2.75, 3.05) is 11.9 Å². The number of nitrogens with two attached hydrogens (primary N) is 1. The smallest absolute Gasteiger partial charge is 0.341 e. The highest BCUT2D eigenvalue weighted by molar-refractivity contribution is 7.18. The van der Waals surface area contributed by atoms with Crippen molar-refractivity contribution in [1.82, 2.24) is 0 Å². The van der Waals surface area contributed by atoms with Crippen molar-refractivity contribution in [3.05, 3.63) is 45.6 Å². The maximum atomic E-state index is 12.6. The number of amides is 2. The van der Waals surface area contributed by atoms with Gasteiger partial charge >= 0.3 is 5.97 Å². The van der Waals surface area contributed by atoms with Crippen LogP contribution >= 0.6 is 11.3 Å². The lowest BCUT2D eigenvalue weighted by atomic mass is 9.93. The van der Waals surface area contributed by atoms with Gasteiger partial charge in [0.05, 0.1) is 17.0 Å². The summed E-state index contributed by atoms with van der Waals surface area (Å²) in [4.78, 5) is 36.8. The zero-order valence-electron chi connectivity index (χ0n) is 16.0. The predicted octanol–water partition coefficient (Wildman–Crippen LogP) is 2.14. The van der Waals surface area contributed by atoms with Gasteiger partial charge in [-0.05, 0) is 50.7 Å². The molecule has 0 unspecified atom stereocenters. The van der Waals surface area contributed by atoms with E-state index in [4.69, 9.17) is 10.5 Å². The van der Waals surface area contributed by atoms with Crippen LogP contribution in [0.5, 0.6) is 0 Å². The number of aryl methyl sites for hydroxylation is 2. The zero-order valence-corrected chi connectivity index (χ0v) is 16.9. The van der Waals surface area contributed by atoms with Crippen LogP contribution in [-0.4, -0.2) is 24.4 Å². The van der Waals surface area contributed by atoms with Gasteiger partial charge in [0, 0.05) is 11.6 Å². The first-order valence-corrected chi connectivity index (χ1v) is 10.1. The first-order valence-electron chi connectivity index (χ1n) is 9.31. The lowest BCUT2D eigenvalue weighted by Gasteiger charge is -2.13. The van der Waals surface area contributed by atoms with Gasteiger partial charge in [-0.15, -0.1) is 11.3 Å². The molecule has 7 nitrogen and oxygen atoms in total. The molecule has 3 N–H and O–H groups in total. The van der Waals surface area contributed by atoms with Gasteiger partial charge in [-0.3, -0.25) is 9.59 Å². The van der Waals surface area contributed by atoms with E-state index in [1.807, 2.05) is 17.0 Å². The van der Waals surface area contributed by atoms with Crippen LogP contribution in [0.3, 0.4) is 0 Å². The molecule has 0 fully saturated rings. The number of esters is 1. The summed E-state index contributed by atoms with van der Waals surface area (Å²) in [6.07, 6.45) is 8.37. The molecule has 0 radical (unpaired) electrons. The number of carbonyl (C=O) groups excluding carboxylic acids is 3. The van der Waals surface area contributed by atoms with Gasteiger partial charge in [-0.1, -0.05) is 0 Å². The minimum absolute atomic E-state index is 0.110. The van der Waals surface area contributed by atoms with E-state index < -0.39 is 11.9 Å². The maximum Gasteiger partial charge on any atom is 0.341 e. The summed E-state index contributed by atoms with van der Waals surface area (Å²) in [5.74, 6) is -1.51. The fourth-order valence-corrected chi connectivity index (χ4v) is 4.50. The van der Waals surface area contributed by atoms with Gasteiger partial charge in [-0.25, -0.2) is 4.79 Å². The Morgan fingerprint density at radius 1 is 1.25 bits per heavy atom. The number of hydrogen-bond acceptors (Lipinski definition) is 5. The number of carbonyl (C=O) groups is 3. The average Bonchev–Trinajstić information content (AvgIpc) is 2.98. The number of anilines is 1. The molecule has 0 spiro atoms. The second-order valence-corrected chi connectivity index (χ2v) is 7.79. The highest BCUT2D eigenvalue weighted by Crippen LogP contribution is 2.33. The molecule has 0 bridgehead atoms. The van der Waals surface area contributed by atoms with E-state index in [0.29, 0.717) is 5.56 Å². The standard InChI is InChI=1S/C20H23N3O4S/c1-3-27-20(26)16-12(2)17(18(21)25)28-19(16)22-15(24)11-23-9-8-13-6-4-5-7-14(13)10-23/h8-10H,3-7,11H2,1-2H3,(H2-,21,22,24,25,26)/p+1. The van der Waals surface area contributed by atoms with Crippen LogP contribution in [-0.2, 0) is 28.9 Å². The summed E-state index contributed by atoms with van der Waals surface area (Å²) in [7, 11) is 0. The molecule has 0 atom stereocenters. The summed E-state index contributed by atoms with van der Waals surface area (Å²) in [6, 6.07) is 2.06. The molecule has 2 heterocycles. The normalized spacial score (nSPS) is 12.9. The molecule has 1 aliphatic rings. The van der Waals surface area contributed by atoms with E-state index in [2.05, 4.69) is 11.4 Å². The molecule has 2 aromatic rings. The Kier molecular flexibility index (Phi) is 6.08. The van der Waals surface area contributed by atoms with Crippen molar-refractivity contribution < 1.29 is 23.7 Å². The van der Waals surface area contributed by atoms with E-state index >= 15 is 0 Å². The van der Waals surface area contributed by atoms with E-state index in [1.165, 1.54) is 17.5 Å². The van der Waals surface area contributed by atoms with Crippen LogP contribution in [0.1, 0.15) is 56.5 Å². The van der Waals surface area contributed by atoms with Gasteiger partial charge in [0.1, 0.15) is 5.00 Å². The van der Waals surface area contributed by atoms with Gasteiger partial charge in [0.15, 0.2) is 12.4 Å². The number of ether oxygens (including phenoxy) is 1. The molecule has 8 heteroatoms. The van der Waals surface area contributed by atoms with Crippen molar-refractivity contribution in [3.63, 3.8) is 0 Å². The first kappa shape index (κ1) is 20.0. The number of rotatable bonds is 6. The summed E-state index contributed by atoms with van der Waals surface area (Å²) in [5, 5.41) is 3.03. The highest BCUT2D eigenvalue weighted by Gasteiger charge is 2.26. The van der Waals surface area contributed by atoms with Gasteiger partial charge in [0.2, 0.25) is 6.54 Å². The van der Waals surface area contributed by atoms with E-state index in [0.717, 1.165) is 30.6 Å². The lowest BCUT2D eigenvalue weighted by Crippen LogP contribution is -2.40. The van der Waals surface area contributed by atoms with Gasteiger partial charge in [-0.2, -0.15) is 4.57 Å². The summed E-state index contributed by atoms with van der Waals surface area (Å²) in [6.45, 7) is 3.62. The molecular weight excluding hydrogens is 378 g/mol. The Morgan fingerprint density at radius 2 is 1.96 bits per heavy atom. The van der Waals surface area contributed by atoms with E-state index in [1.54, 1.807) is 13.8 Å². The second kappa shape index (κ2) is 8.52. The molecule has 0 aromatic carbocycles. The Hall–Kier alpha value is -2.74. The third kappa shape index (κ3) is 4.22. The SMILES string of the molecule is CCOC(=O)c1c(NC(=O)C[n+]2ccc3c(c2)CCCC3)sc(C(N)=O)c1C. The number of pyridine rings is 1. The molecule has 148 valence electrons. The van der Waals surface area contributed by atoms with Crippen LogP contribution in [0.2, 0.25) is 0 Å². The van der Waals surface area contributed by atoms with Gasteiger partial charge in [0.25, 0.3) is 11.8 Å². The molecule has 0 aliphatic heterocycles. The quantitative estimate of drug-likeness (QED) is 0.571. The highest BCUT2D eigenvalue weighted by atomic mass is 32.1. The third-order valence-electron chi connectivity index (χ3n) is 4.77. The average molecular weight is 402 g/mol. The number of fused-ring (bicyclic) bond motifs is 1. The van der Waals surface area contributed by atoms with Crippen molar-refractivity contribution in [3.8, 4) is 0 Å². The summed E-state index contributed by atoms with van der Waals surface area (Å²) < 4.78 is 6.90. The molecule has 1 aliphatic carbocycles. The Bertz CT molecular complexity index is 936. The van der Waals surface area contributed by atoms with Crippen LogP contribution in [0.25, 0.3) is 0 Å². The van der Waals surface area contributed by atoms with Crippen molar-refractivity contribution >= 4 is 34.1 Å². The second-order valence-electron chi connectivity index (χ2n) is 6.77. The largest absolute Gasteiger partial charge is 0.462 e. The predicted molar refractivity (Wildman–Crippen MR) is 105 cm³/mol. The van der Waals surface area contributed by atoms with Crippen molar-refractivity contribution in [2.24, 2.45) is 5.73 Å². The first-order chi connectivity index (χ1) is 13.4. The fourth-order valence-electron chi connectivity index (χ4n) is 3.43. The van der Waals surface area contributed by atoms with E-state index in [9.17, 15) is 14.4 Å². The fraction of sp³-hybridized carbons (Fsp3) is 0.400. The van der Waals surface area contributed by atoms with Crippen LogP contribution in [0.4, 0.5) is 5.00 Å². The minimum Gasteiger partial charge on any atom is -0.462 e. The van der Waals surface area contributed by atoms with Crippen LogP contribution in [0, 0.1) is 6.92 Å². The number of hydrogen-bond donors (Lipinski definition) is 2. The summed E-state index contributed by atoms with van der Waals surface area (Å²) >= 11 is 0.994. The monoisotopic (exact) mass is 402 g/mol. The Labute approximate surface area is 167 Å². The molecular formula is C20H24N3O4S+. The zero-order chi connectivity index (χ0) is 20.3. The lowest BCUT2D eigenvalue weighted by molar-refractivity contribution is -0.684.